The Balaban J connectivity index is 1.85. The largest absolute Gasteiger partial charge is 0.388 e. The molecule has 1 amide bonds. The lowest BCUT2D eigenvalue weighted by atomic mass is 10.0. The van der Waals surface area contributed by atoms with Gasteiger partial charge in [0.2, 0.25) is 5.91 Å². The van der Waals surface area contributed by atoms with E-state index in [0.29, 0.717) is 29.6 Å². The summed E-state index contributed by atoms with van der Waals surface area (Å²) >= 11 is 0. The molecule has 1 aromatic rings. The molecule has 0 radical (unpaired) electrons. The zero-order valence-corrected chi connectivity index (χ0v) is 11.6. The minimum atomic E-state index is -0.232. The summed E-state index contributed by atoms with van der Waals surface area (Å²) in [4.78, 5) is 33.4. The standard InChI is InChI=1S/C15H16N2O4/c1-9(18)17-13-6-10-8-20-21-15(10)7-12(13)14(19)4-5-16-11-2-3-11/h4-7,11,16H,2-3,8H2,1H3,(H,17,18)/b5-4+. The van der Waals surface area contributed by atoms with Crippen LogP contribution in [0.5, 0.6) is 5.75 Å². The van der Waals surface area contributed by atoms with Crippen LogP contribution in [0.15, 0.2) is 24.4 Å². The van der Waals surface area contributed by atoms with Crippen molar-refractivity contribution < 1.29 is 19.4 Å². The SMILES string of the molecule is CC(=O)Nc1cc2c(cc1C(=O)/C=C/NC1CC1)OOC2. The normalized spacial score (nSPS) is 16.4. The molecule has 3 rings (SSSR count). The number of anilines is 1. The quantitative estimate of drug-likeness (QED) is 0.492. The number of ketones is 1. The molecular formula is C15H16N2O4. The van der Waals surface area contributed by atoms with Gasteiger partial charge in [0, 0.05) is 36.4 Å². The fraction of sp³-hybridized carbons (Fsp3) is 0.333. The maximum atomic E-state index is 12.3. The molecule has 2 N–H and O–H groups in total. The van der Waals surface area contributed by atoms with Crippen LogP contribution >= 0.6 is 0 Å². The highest BCUT2D eigenvalue weighted by atomic mass is 17.2. The van der Waals surface area contributed by atoms with Crippen LogP contribution in [0, 0.1) is 0 Å². The maximum absolute atomic E-state index is 12.3. The molecule has 2 aliphatic rings. The fourth-order valence-corrected chi connectivity index (χ4v) is 2.07. The lowest BCUT2D eigenvalue weighted by molar-refractivity contribution is -0.194. The number of amides is 1. The second kappa shape index (κ2) is 5.57. The monoisotopic (exact) mass is 288 g/mol. The number of nitrogens with one attached hydrogen (secondary N) is 2. The van der Waals surface area contributed by atoms with Crippen molar-refractivity contribution >= 4 is 17.4 Å². The highest BCUT2D eigenvalue weighted by molar-refractivity contribution is 6.10. The third-order valence-electron chi connectivity index (χ3n) is 3.28. The van der Waals surface area contributed by atoms with Crippen molar-refractivity contribution in [1.82, 2.24) is 5.32 Å². The predicted molar refractivity (Wildman–Crippen MR) is 75.8 cm³/mol. The molecule has 6 heteroatoms. The second-order valence-corrected chi connectivity index (χ2v) is 5.17. The number of carbonyl (C=O) groups is 2. The van der Waals surface area contributed by atoms with Gasteiger partial charge in [0.25, 0.3) is 0 Å². The van der Waals surface area contributed by atoms with Crippen LogP contribution in [0.1, 0.15) is 35.7 Å². The number of benzene rings is 1. The molecule has 1 fully saturated rings. The summed E-state index contributed by atoms with van der Waals surface area (Å²) < 4.78 is 0. The molecular weight excluding hydrogens is 272 g/mol. The Hall–Kier alpha value is -2.34. The van der Waals surface area contributed by atoms with Crippen LogP contribution in [-0.4, -0.2) is 17.7 Å². The van der Waals surface area contributed by atoms with Crippen molar-refractivity contribution in [3.05, 3.63) is 35.5 Å². The molecule has 0 aromatic heterocycles. The predicted octanol–water partition coefficient (Wildman–Crippen LogP) is 1.92. The van der Waals surface area contributed by atoms with Crippen LogP contribution in [0.3, 0.4) is 0 Å². The minimum absolute atomic E-state index is 0.204. The van der Waals surface area contributed by atoms with Crippen molar-refractivity contribution in [2.24, 2.45) is 0 Å². The van der Waals surface area contributed by atoms with Crippen molar-refractivity contribution in [3.63, 3.8) is 0 Å². The van der Waals surface area contributed by atoms with E-state index in [1.807, 2.05) is 0 Å². The summed E-state index contributed by atoms with van der Waals surface area (Å²) in [5, 5.41) is 5.80. The van der Waals surface area contributed by atoms with Gasteiger partial charge in [-0.25, -0.2) is 0 Å². The average Bonchev–Trinajstić information content (AvgIpc) is 3.14. The number of fused-ring (bicyclic) bond motifs is 1. The first-order valence-corrected chi connectivity index (χ1v) is 6.84. The molecule has 1 aromatic carbocycles. The molecule has 0 unspecified atom stereocenters. The van der Waals surface area contributed by atoms with Gasteiger partial charge in [-0.05, 0) is 25.0 Å². The van der Waals surface area contributed by atoms with Crippen LogP contribution in [-0.2, 0) is 16.3 Å². The lowest BCUT2D eigenvalue weighted by Crippen LogP contribution is -2.12. The number of hydrogen-bond acceptors (Lipinski definition) is 5. The number of allylic oxidation sites excluding steroid dienone is 1. The first-order valence-electron chi connectivity index (χ1n) is 6.84. The maximum Gasteiger partial charge on any atom is 0.221 e. The lowest BCUT2D eigenvalue weighted by Gasteiger charge is -2.09. The van der Waals surface area contributed by atoms with E-state index in [1.54, 1.807) is 18.3 Å². The third kappa shape index (κ3) is 3.22. The van der Waals surface area contributed by atoms with Crippen LogP contribution in [0.2, 0.25) is 0 Å². The summed E-state index contributed by atoms with van der Waals surface area (Å²) in [6.07, 6.45) is 5.39. The van der Waals surface area contributed by atoms with Gasteiger partial charge in [-0.2, -0.15) is 4.89 Å². The van der Waals surface area contributed by atoms with Gasteiger partial charge in [0.1, 0.15) is 6.61 Å². The molecule has 21 heavy (non-hydrogen) atoms. The second-order valence-electron chi connectivity index (χ2n) is 5.17. The fourth-order valence-electron chi connectivity index (χ4n) is 2.07. The highest BCUT2D eigenvalue weighted by Crippen LogP contribution is 2.32. The van der Waals surface area contributed by atoms with Gasteiger partial charge in [0.05, 0.1) is 5.69 Å². The number of carbonyl (C=O) groups excluding carboxylic acids is 2. The Morgan fingerprint density at radius 3 is 2.86 bits per heavy atom. The molecule has 1 heterocycles. The van der Waals surface area contributed by atoms with Crippen molar-refractivity contribution in [2.75, 3.05) is 5.32 Å². The van der Waals surface area contributed by atoms with Crippen molar-refractivity contribution in [1.29, 1.82) is 0 Å². The molecule has 0 atom stereocenters. The van der Waals surface area contributed by atoms with Crippen LogP contribution < -0.4 is 15.5 Å². The Morgan fingerprint density at radius 1 is 1.33 bits per heavy atom. The van der Waals surface area contributed by atoms with E-state index >= 15 is 0 Å². The molecule has 0 spiro atoms. The van der Waals surface area contributed by atoms with E-state index in [0.717, 1.165) is 18.4 Å². The summed E-state index contributed by atoms with van der Waals surface area (Å²) in [5.74, 6) is 0.0742. The van der Waals surface area contributed by atoms with E-state index in [1.165, 1.54) is 13.0 Å². The Labute approximate surface area is 122 Å². The van der Waals surface area contributed by atoms with Gasteiger partial charge < -0.3 is 15.5 Å². The summed E-state index contributed by atoms with van der Waals surface area (Å²) in [7, 11) is 0. The molecule has 1 saturated carbocycles. The molecule has 0 saturated heterocycles. The Morgan fingerprint density at radius 2 is 2.14 bits per heavy atom. The van der Waals surface area contributed by atoms with Crippen LogP contribution in [0.4, 0.5) is 5.69 Å². The van der Waals surface area contributed by atoms with Gasteiger partial charge in [-0.1, -0.05) is 0 Å². The smallest absolute Gasteiger partial charge is 0.221 e. The van der Waals surface area contributed by atoms with E-state index in [-0.39, 0.29) is 11.7 Å². The van der Waals surface area contributed by atoms with Crippen molar-refractivity contribution in [3.8, 4) is 5.75 Å². The highest BCUT2D eigenvalue weighted by Gasteiger charge is 2.21. The third-order valence-corrected chi connectivity index (χ3v) is 3.28. The molecule has 1 aliphatic heterocycles. The topological polar surface area (TPSA) is 76.7 Å². The molecule has 6 nitrogen and oxygen atoms in total. The molecule has 0 bridgehead atoms. The minimum Gasteiger partial charge on any atom is -0.388 e. The Kier molecular flexibility index (Phi) is 3.62. The van der Waals surface area contributed by atoms with E-state index in [9.17, 15) is 9.59 Å². The Bertz CT molecular complexity index is 620. The average molecular weight is 288 g/mol. The first kappa shape index (κ1) is 13.6. The summed E-state index contributed by atoms with van der Waals surface area (Å²) in [6, 6.07) is 3.79. The van der Waals surface area contributed by atoms with Crippen molar-refractivity contribution in [2.45, 2.75) is 32.4 Å². The number of rotatable bonds is 5. The van der Waals surface area contributed by atoms with Gasteiger partial charge in [-0.3, -0.25) is 9.59 Å². The van der Waals surface area contributed by atoms with Crippen LogP contribution in [0.25, 0.3) is 0 Å². The molecule has 110 valence electrons. The van der Waals surface area contributed by atoms with Gasteiger partial charge in [-0.15, -0.1) is 0 Å². The van der Waals surface area contributed by atoms with E-state index < -0.39 is 0 Å². The van der Waals surface area contributed by atoms with Gasteiger partial charge >= 0.3 is 0 Å². The number of hydrogen-bond donors (Lipinski definition) is 2. The molecule has 1 aliphatic carbocycles. The summed E-state index contributed by atoms with van der Waals surface area (Å²) in [5.41, 5.74) is 1.65. The van der Waals surface area contributed by atoms with E-state index in [2.05, 4.69) is 10.6 Å². The zero-order valence-electron chi connectivity index (χ0n) is 11.6. The van der Waals surface area contributed by atoms with E-state index in [4.69, 9.17) is 9.78 Å². The zero-order chi connectivity index (χ0) is 14.8. The first-order chi connectivity index (χ1) is 10.1. The summed E-state index contributed by atoms with van der Waals surface area (Å²) in [6.45, 7) is 1.70. The van der Waals surface area contributed by atoms with Gasteiger partial charge in [0.15, 0.2) is 11.5 Å².